The largest absolute Gasteiger partial charge is 0.443 e. The van der Waals surface area contributed by atoms with E-state index in [0.29, 0.717) is 30.2 Å². The van der Waals surface area contributed by atoms with Gasteiger partial charge in [-0.15, -0.1) is 0 Å². The van der Waals surface area contributed by atoms with E-state index in [9.17, 15) is 4.79 Å². The average molecular weight is 468 g/mol. The lowest BCUT2D eigenvalue weighted by Gasteiger charge is -2.61. The second kappa shape index (κ2) is 7.41. The number of nitrogens with zero attached hydrogens (tertiary/aromatic N) is 4. The van der Waals surface area contributed by atoms with E-state index in [1.54, 1.807) is 16.8 Å². The molecule has 3 aromatic rings. The van der Waals surface area contributed by atoms with Crippen LogP contribution in [0.3, 0.4) is 0 Å². The maximum absolute atomic E-state index is 15.2. The van der Waals surface area contributed by atoms with Crippen molar-refractivity contribution in [2.24, 2.45) is 5.92 Å². The van der Waals surface area contributed by atoms with E-state index in [1.165, 1.54) is 0 Å². The number of carbonyl (C=O) groups is 1. The Labute approximate surface area is 196 Å². The summed E-state index contributed by atoms with van der Waals surface area (Å²) in [6.07, 6.45) is 5.12. The summed E-state index contributed by atoms with van der Waals surface area (Å²) in [5.41, 5.74) is 2.31. The number of rotatable bonds is 5. The van der Waals surface area contributed by atoms with E-state index in [1.807, 2.05) is 12.3 Å². The van der Waals surface area contributed by atoms with Gasteiger partial charge in [0.2, 0.25) is 0 Å². The van der Waals surface area contributed by atoms with Crippen LogP contribution in [0.5, 0.6) is 0 Å². The van der Waals surface area contributed by atoms with Crippen molar-refractivity contribution >= 4 is 23.2 Å². The van der Waals surface area contributed by atoms with Crippen LogP contribution in [0.4, 0.5) is 20.8 Å². The zero-order chi connectivity index (χ0) is 23.7. The van der Waals surface area contributed by atoms with Gasteiger partial charge in [-0.1, -0.05) is 20.8 Å². The number of aromatic amines is 1. The minimum atomic E-state index is -1.28. The van der Waals surface area contributed by atoms with Crippen molar-refractivity contribution in [3.8, 4) is 0 Å². The highest BCUT2D eigenvalue weighted by atomic mass is 19.1. The Balaban J connectivity index is 1.12. The number of hydrogen-bond acceptors (Lipinski definition) is 6. The smallest absolute Gasteiger partial charge is 0.407 e. The third-order valence-corrected chi connectivity index (χ3v) is 7.57. The van der Waals surface area contributed by atoms with Crippen LogP contribution < -0.4 is 10.6 Å². The average Bonchev–Trinajstić information content (AvgIpc) is 3.43. The molecule has 3 heterocycles. The van der Waals surface area contributed by atoms with Gasteiger partial charge in [-0.05, 0) is 44.1 Å². The molecule has 0 spiro atoms. The van der Waals surface area contributed by atoms with Gasteiger partial charge < -0.3 is 15.4 Å². The van der Waals surface area contributed by atoms with E-state index >= 15 is 4.39 Å². The monoisotopic (exact) mass is 467 g/mol. The number of H-pyrrole nitrogens is 1. The Bertz CT molecular complexity index is 1230. The maximum atomic E-state index is 15.2. The molecule has 3 aromatic heterocycles. The van der Waals surface area contributed by atoms with Crippen LogP contribution in [-0.4, -0.2) is 48.7 Å². The van der Waals surface area contributed by atoms with Crippen molar-refractivity contribution in [1.29, 1.82) is 0 Å². The first-order chi connectivity index (χ1) is 16.2. The molecule has 180 valence electrons. The highest BCUT2D eigenvalue weighted by molar-refractivity contribution is 5.72. The highest BCUT2D eigenvalue weighted by Gasteiger charge is 2.58. The first-order valence-corrected chi connectivity index (χ1v) is 12.0. The molecule has 7 rings (SSSR count). The van der Waals surface area contributed by atoms with Crippen molar-refractivity contribution in [1.82, 2.24) is 30.1 Å². The number of halogens is 1. The molecular weight excluding hydrogens is 437 g/mol. The number of fused-ring (bicyclic) bond motifs is 1. The fraction of sp³-hybridized carbons (Fsp3) is 0.583. The van der Waals surface area contributed by atoms with Crippen molar-refractivity contribution in [2.45, 2.75) is 82.0 Å². The molecule has 0 saturated heterocycles. The molecule has 0 aliphatic heterocycles. The number of ether oxygens (including phenoxy) is 1. The van der Waals surface area contributed by atoms with E-state index in [0.717, 1.165) is 36.4 Å². The summed E-state index contributed by atoms with van der Waals surface area (Å²) in [6.45, 7) is 6.33. The lowest BCUT2D eigenvalue weighted by molar-refractivity contribution is -0.0532. The SMILES string of the molecule is CC(C)(C)c1cc2c(Nc3cc([C@H]4CC[C@@H](OC(=O)NC56CC(C5)C6)[C@@H]4F)[nH]n3)nccn2n1. The summed E-state index contributed by atoms with van der Waals surface area (Å²) in [4.78, 5) is 16.7. The minimum absolute atomic E-state index is 0.0738. The molecule has 10 heteroatoms. The molecule has 1 amide bonds. The minimum Gasteiger partial charge on any atom is -0.443 e. The fourth-order valence-electron chi connectivity index (χ4n) is 5.48. The van der Waals surface area contributed by atoms with Crippen LogP contribution in [0.2, 0.25) is 0 Å². The molecule has 2 bridgehead atoms. The number of alkyl carbamates (subject to hydrolysis) is 1. The van der Waals surface area contributed by atoms with Crippen LogP contribution in [0.15, 0.2) is 24.5 Å². The summed E-state index contributed by atoms with van der Waals surface area (Å²) >= 11 is 0. The molecule has 34 heavy (non-hydrogen) atoms. The van der Waals surface area contributed by atoms with Crippen LogP contribution in [0.1, 0.15) is 70.2 Å². The van der Waals surface area contributed by atoms with Crippen LogP contribution in [0, 0.1) is 5.92 Å². The number of anilines is 2. The molecule has 0 aromatic carbocycles. The highest BCUT2D eigenvalue weighted by Crippen LogP contribution is 2.57. The first-order valence-electron chi connectivity index (χ1n) is 12.0. The summed E-state index contributed by atoms with van der Waals surface area (Å²) in [6, 6.07) is 3.81. The number of carbonyl (C=O) groups excluding carboxylic acids is 1. The maximum Gasteiger partial charge on any atom is 0.407 e. The second-order valence-electron chi connectivity index (χ2n) is 11.2. The van der Waals surface area contributed by atoms with E-state index in [4.69, 9.17) is 4.74 Å². The molecule has 4 aliphatic carbocycles. The van der Waals surface area contributed by atoms with Gasteiger partial charge in [0.25, 0.3) is 0 Å². The summed E-state index contributed by atoms with van der Waals surface area (Å²) in [5.74, 6) is 1.53. The lowest BCUT2D eigenvalue weighted by Crippen LogP contribution is -2.68. The third kappa shape index (κ3) is 3.59. The summed E-state index contributed by atoms with van der Waals surface area (Å²) in [5, 5.41) is 18.1. The van der Waals surface area contributed by atoms with Crippen molar-refractivity contribution < 1.29 is 13.9 Å². The van der Waals surface area contributed by atoms with E-state index in [2.05, 4.69) is 51.7 Å². The topological polar surface area (TPSA) is 109 Å². The summed E-state index contributed by atoms with van der Waals surface area (Å²) in [7, 11) is 0. The first kappa shape index (κ1) is 21.4. The number of aromatic nitrogens is 5. The van der Waals surface area contributed by atoms with Gasteiger partial charge in [0.1, 0.15) is 17.8 Å². The number of alkyl halides is 1. The van der Waals surface area contributed by atoms with Gasteiger partial charge in [0.05, 0.1) is 5.69 Å². The van der Waals surface area contributed by atoms with Gasteiger partial charge in [-0.25, -0.2) is 18.7 Å². The molecule has 0 unspecified atom stereocenters. The fourth-order valence-corrected chi connectivity index (χ4v) is 5.48. The zero-order valence-electron chi connectivity index (χ0n) is 19.6. The van der Waals surface area contributed by atoms with Gasteiger partial charge in [-0.2, -0.15) is 10.2 Å². The Hall–Kier alpha value is -3.17. The molecule has 9 nitrogen and oxygen atoms in total. The zero-order valence-corrected chi connectivity index (χ0v) is 19.6. The van der Waals surface area contributed by atoms with Gasteiger partial charge in [-0.3, -0.25) is 5.10 Å². The Kier molecular flexibility index (Phi) is 4.66. The van der Waals surface area contributed by atoms with Gasteiger partial charge >= 0.3 is 6.09 Å². The van der Waals surface area contributed by atoms with E-state index in [-0.39, 0.29) is 11.0 Å². The Morgan fingerprint density at radius 1 is 1.26 bits per heavy atom. The number of hydrogen-bond donors (Lipinski definition) is 3. The van der Waals surface area contributed by atoms with Crippen molar-refractivity contribution in [3.05, 3.63) is 35.9 Å². The van der Waals surface area contributed by atoms with Crippen LogP contribution in [0.25, 0.3) is 5.52 Å². The molecule has 4 saturated carbocycles. The number of amides is 1. The molecule has 0 radical (unpaired) electrons. The van der Waals surface area contributed by atoms with Crippen LogP contribution in [-0.2, 0) is 10.2 Å². The Morgan fingerprint density at radius 2 is 2.06 bits per heavy atom. The predicted octanol–water partition coefficient (Wildman–Crippen LogP) is 4.36. The predicted molar refractivity (Wildman–Crippen MR) is 124 cm³/mol. The van der Waals surface area contributed by atoms with Gasteiger partial charge in [0.15, 0.2) is 11.6 Å². The molecular formula is C24H30FN7O2. The molecule has 4 aliphatic rings. The quantitative estimate of drug-likeness (QED) is 0.515. The van der Waals surface area contributed by atoms with Gasteiger partial charge in [0, 0.05) is 41.0 Å². The molecule has 3 N–H and O–H groups in total. The molecule has 4 fully saturated rings. The van der Waals surface area contributed by atoms with E-state index < -0.39 is 24.3 Å². The Morgan fingerprint density at radius 3 is 2.76 bits per heavy atom. The van der Waals surface area contributed by atoms with Crippen molar-refractivity contribution in [3.63, 3.8) is 0 Å². The third-order valence-electron chi connectivity index (χ3n) is 7.57. The normalized spacial score (nSPS) is 30.0. The summed E-state index contributed by atoms with van der Waals surface area (Å²) < 4.78 is 22.4. The molecule has 3 atom stereocenters. The number of nitrogens with one attached hydrogen (secondary N) is 3. The van der Waals surface area contributed by atoms with Crippen molar-refractivity contribution in [2.75, 3.05) is 5.32 Å². The standard InChI is InChI=1S/C24H30FN7O2/c1-23(2,3)18-9-16-21(26-6-7-32(16)31-18)27-19-8-15(29-30-19)14-4-5-17(20(14)25)34-22(33)28-24-10-13(11-24)12-24/h6-9,13-14,17,20H,4-5,10-12H2,1-3H3,(H,28,33)(H2,26,27,29,30)/t13?,14-,17-,20-,24?/m1/s1. The second-order valence-corrected chi connectivity index (χ2v) is 11.2. The van der Waals surface area contributed by atoms with Crippen LogP contribution >= 0.6 is 0 Å². The lowest BCUT2D eigenvalue weighted by atomic mass is 9.50.